The van der Waals surface area contributed by atoms with E-state index in [1.54, 1.807) is 0 Å². The third-order valence-corrected chi connectivity index (χ3v) is 13.5. The summed E-state index contributed by atoms with van der Waals surface area (Å²) >= 11 is 0. The smallest absolute Gasteiger partial charge is 0.0844 e. The first-order chi connectivity index (χ1) is 22.7. The van der Waals surface area contributed by atoms with Gasteiger partial charge in [-0.1, -0.05) is 154 Å². The molecule has 3 heteroatoms. The number of unbranched alkanes of at least 4 members (excludes halogenated alkanes) is 15. The van der Waals surface area contributed by atoms with Crippen LogP contribution >= 0.6 is 0 Å². The largest absolute Gasteiger partial charge is 0.393 e. The van der Waals surface area contributed by atoms with Crippen LogP contribution in [0.1, 0.15) is 218 Å². The highest BCUT2D eigenvalue weighted by molar-refractivity contribution is 4.92. The summed E-state index contributed by atoms with van der Waals surface area (Å²) < 4.78 is 11.5. The highest BCUT2D eigenvalue weighted by atomic mass is 16.6. The van der Waals surface area contributed by atoms with Gasteiger partial charge in [0.25, 0.3) is 0 Å². The molecule has 0 aromatic rings. The van der Waals surface area contributed by atoms with Gasteiger partial charge in [0.1, 0.15) is 0 Å². The van der Waals surface area contributed by atoms with Crippen LogP contribution in [0.15, 0.2) is 0 Å². The predicted molar refractivity (Wildman–Crippen MR) is 194 cm³/mol. The van der Waals surface area contributed by atoms with Gasteiger partial charge >= 0.3 is 0 Å². The van der Waals surface area contributed by atoms with E-state index in [-0.39, 0.29) is 6.10 Å². The molecule has 46 heavy (non-hydrogen) atoms. The molecule has 5 rings (SSSR count). The van der Waals surface area contributed by atoms with Crippen molar-refractivity contribution in [2.75, 3.05) is 0 Å². The van der Waals surface area contributed by atoms with Gasteiger partial charge in [-0.15, -0.1) is 0 Å². The normalized spacial score (nSPS) is 32.5. The van der Waals surface area contributed by atoms with Crippen molar-refractivity contribution < 1.29 is 14.6 Å². The molecule has 0 radical (unpaired) electrons. The minimum Gasteiger partial charge on any atom is -0.393 e. The van der Waals surface area contributed by atoms with E-state index >= 15 is 0 Å². The zero-order valence-electron chi connectivity index (χ0n) is 30.5. The summed E-state index contributed by atoms with van der Waals surface area (Å²) in [5.74, 6) is 3.86. The van der Waals surface area contributed by atoms with Gasteiger partial charge in [-0.25, -0.2) is 0 Å². The fraction of sp³-hybridized carbons (Fsp3) is 1.00. The molecule has 2 heterocycles. The first kappa shape index (κ1) is 37.1. The Morgan fingerprint density at radius 3 is 1.13 bits per heavy atom. The van der Waals surface area contributed by atoms with Crippen molar-refractivity contribution >= 4 is 0 Å². The fourth-order valence-electron chi connectivity index (χ4n) is 10.1. The van der Waals surface area contributed by atoms with E-state index in [9.17, 15) is 5.11 Å². The number of epoxide rings is 2. The summed E-state index contributed by atoms with van der Waals surface area (Å²) in [6.07, 6.45) is 50.9. The van der Waals surface area contributed by atoms with Crippen molar-refractivity contribution in [1.29, 1.82) is 0 Å². The van der Waals surface area contributed by atoms with Crippen molar-refractivity contribution in [3.8, 4) is 0 Å². The van der Waals surface area contributed by atoms with Crippen LogP contribution in [0.4, 0.5) is 0 Å². The molecular formula is C43H78O3. The Hall–Kier alpha value is -0.120. The maximum Gasteiger partial charge on any atom is 0.0844 e. The van der Waals surface area contributed by atoms with Crippen LogP contribution in [0.2, 0.25) is 0 Å². The van der Waals surface area contributed by atoms with Gasteiger partial charge < -0.3 is 14.6 Å². The van der Waals surface area contributed by atoms with E-state index in [0.717, 1.165) is 36.5 Å². The van der Waals surface area contributed by atoms with E-state index in [1.165, 1.54) is 205 Å². The zero-order valence-corrected chi connectivity index (χ0v) is 30.5. The Kier molecular flexibility index (Phi) is 17.6. The molecule has 5 aliphatic rings. The average Bonchev–Trinajstić information content (AvgIpc) is 4.00. The van der Waals surface area contributed by atoms with Gasteiger partial charge in [0.05, 0.1) is 30.5 Å². The molecule has 1 N–H and O–H groups in total. The lowest BCUT2D eigenvalue weighted by Gasteiger charge is -2.25. The van der Waals surface area contributed by atoms with E-state index in [2.05, 4.69) is 0 Å². The Labute approximate surface area is 286 Å². The van der Waals surface area contributed by atoms with Crippen LogP contribution in [0.5, 0.6) is 0 Å². The van der Waals surface area contributed by atoms with Crippen LogP contribution in [-0.2, 0) is 9.47 Å². The van der Waals surface area contributed by atoms with Gasteiger partial charge in [0.2, 0.25) is 0 Å². The number of hydrogen-bond acceptors (Lipinski definition) is 3. The Morgan fingerprint density at radius 2 is 0.717 bits per heavy atom. The molecule has 0 aromatic carbocycles. The average molecular weight is 643 g/mol. The Balaban J connectivity index is 0.847. The molecule has 3 aliphatic carbocycles. The number of ether oxygens (including phenoxy) is 2. The molecule has 2 saturated heterocycles. The molecule has 0 aromatic heterocycles. The lowest BCUT2D eigenvalue weighted by molar-refractivity contribution is 0.106. The van der Waals surface area contributed by atoms with Crippen LogP contribution < -0.4 is 0 Å². The molecule has 6 unspecified atom stereocenters. The molecule has 2 aliphatic heterocycles. The minimum absolute atomic E-state index is 0.00478. The molecule has 268 valence electrons. The number of fused-ring (bicyclic) bond motifs is 2. The fourth-order valence-corrected chi connectivity index (χ4v) is 10.1. The monoisotopic (exact) mass is 643 g/mol. The minimum atomic E-state index is 0.00478. The van der Waals surface area contributed by atoms with Crippen LogP contribution in [0.3, 0.4) is 0 Å². The summed E-state index contributed by atoms with van der Waals surface area (Å²) in [4.78, 5) is 0. The molecule has 3 nitrogen and oxygen atoms in total. The van der Waals surface area contributed by atoms with Gasteiger partial charge in [0.15, 0.2) is 0 Å². The van der Waals surface area contributed by atoms with Crippen LogP contribution in [0.25, 0.3) is 0 Å². The highest BCUT2D eigenvalue weighted by Crippen LogP contribution is 2.42. The van der Waals surface area contributed by atoms with Crippen LogP contribution in [0, 0.1) is 23.7 Å². The second-order valence-electron chi connectivity index (χ2n) is 17.4. The number of aliphatic hydroxyl groups is 1. The predicted octanol–water partition coefficient (Wildman–Crippen LogP) is 12.7. The summed E-state index contributed by atoms with van der Waals surface area (Å²) in [7, 11) is 0. The Bertz CT molecular complexity index is 717. The van der Waals surface area contributed by atoms with E-state index < -0.39 is 0 Å². The van der Waals surface area contributed by atoms with E-state index in [4.69, 9.17) is 9.47 Å². The first-order valence-electron chi connectivity index (χ1n) is 21.7. The molecule has 0 bridgehead atoms. The summed E-state index contributed by atoms with van der Waals surface area (Å²) in [5, 5.41) is 9.74. The van der Waals surface area contributed by atoms with Crippen LogP contribution in [-0.4, -0.2) is 35.6 Å². The summed E-state index contributed by atoms with van der Waals surface area (Å²) in [5.41, 5.74) is 0. The second-order valence-corrected chi connectivity index (χ2v) is 17.4. The molecule has 6 atom stereocenters. The molecular weight excluding hydrogens is 564 g/mol. The van der Waals surface area contributed by atoms with Gasteiger partial charge in [0, 0.05) is 0 Å². The maximum atomic E-state index is 9.74. The molecule has 3 saturated carbocycles. The molecule has 5 fully saturated rings. The lowest BCUT2D eigenvalue weighted by atomic mass is 9.84. The van der Waals surface area contributed by atoms with Gasteiger partial charge in [-0.05, 0) is 87.9 Å². The van der Waals surface area contributed by atoms with Crippen molar-refractivity contribution in [2.24, 2.45) is 23.7 Å². The van der Waals surface area contributed by atoms with Gasteiger partial charge in [-0.3, -0.25) is 0 Å². The lowest BCUT2D eigenvalue weighted by Crippen LogP contribution is -2.17. The standard InChI is InChI=1S/C43H78O3/c44-39-29-25-36(26-30-39)22-16-10-2-1-7-13-19-35(20-14-8-3-5-11-17-23-37-27-31-40-42(33-37)45-40)21-15-9-4-6-12-18-24-38-28-32-41-43(34-38)46-41/h35-44H,1-34H2. The van der Waals surface area contributed by atoms with Gasteiger partial charge in [-0.2, -0.15) is 0 Å². The number of aliphatic hydroxyl groups excluding tert-OH is 1. The number of rotatable bonds is 27. The third kappa shape index (κ3) is 15.2. The van der Waals surface area contributed by atoms with E-state index in [0.29, 0.717) is 24.4 Å². The zero-order chi connectivity index (χ0) is 31.7. The summed E-state index contributed by atoms with van der Waals surface area (Å²) in [6, 6.07) is 0. The molecule has 0 amide bonds. The quantitative estimate of drug-likeness (QED) is 0.0716. The van der Waals surface area contributed by atoms with Crippen molar-refractivity contribution in [3.63, 3.8) is 0 Å². The highest BCUT2D eigenvalue weighted by Gasteiger charge is 2.44. The SMILES string of the molecule is OC1CCC(CCCCCCCCC(CCCCCCCCC2CCC3OC3C2)CCCCCCCCC2CCC3OC3C2)CC1. The number of hydrogen-bond donors (Lipinski definition) is 1. The molecule has 0 spiro atoms. The summed E-state index contributed by atoms with van der Waals surface area (Å²) in [6.45, 7) is 0. The topological polar surface area (TPSA) is 45.3 Å². The van der Waals surface area contributed by atoms with Crippen molar-refractivity contribution in [3.05, 3.63) is 0 Å². The van der Waals surface area contributed by atoms with E-state index in [1.807, 2.05) is 0 Å². The van der Waals surface area contributed by atoms with Crippen molar-refractivity contribution in [1.82, 2.24) is 0 Å². The maximum absolute atomic E-state index is 9.74. The van der Waals surface area contributed by atoms with Crippen molar-refractivity contribution in [2.45, 2.75) is 249 Å². The second kappa shape index (κ2) is 21.9. The third-order valence-electron chi connectivity index (χ3n) is 13.5. The first-order valence-corrected chi connectivity index (χ1v) is 21.7. The Morgan fingerprint density at radius 1 is 0.370 bits per heavy atom.